The minimum atomic E-state index is 0. The Morgan fingerprint density at radius 2 is 1.97 bits per heavy atom. The molecular formula is C22H41IN6O. The van der Waals surface area contributed by atoms with Crippen LogP contribution in [0.1, 0.15) is 39.2 Å². The number of anilines is 1. The maximum Gasteiger partial charge on any atom is 0.191 e. The van der Waals surface area contributed by atoms with Crippen LogP contribution in [0.15, 0.2) is 23.3 Å². The molecule has 1 aliphatic heterocycles. The number of hydrogen-bond acceptors (Lipinski definition) is 5. The van der Waals surface area contributed by atoms with Crippen LogP contribution in [-0.2, 0) is 6.54 Å². The van der Waals surface area contributed by atoms with Crippen LogP contribution in [0.2, 0.25) is 0 Å². The quantitative estimate of drug-likeness (QED) is 0.244. The summed E-state index contributed by atoms with van der Waals surface area (Å²) in [6, 6.07) is 4.20. The van der Waals surface area contributed by atoms with Gasteiger partial charge in [-0.3, -0.25) is 0 Å². The Kier molecular flexibility index (Phi) is 13.3. The second-order valence-corrected chi connectivity index (χ2v) is 8.40. The summed E-state index contributed by atoms with van der Waals surface area (Å²) < 4.78 is 0. The van der Waals surface area contributed by atoms with Crippen LogP contribution in [0.4, 0.5) is 5.82 Å². The van der Waals surface area contributed by atoms with Gasteiger partial charge in [0.25, 0.3) is 0 Å². The van der Waals surface area contributed by atoms with E-state index < -0.39 is 0 Å². The maximum atomic E-state index is 9.33. The molecule has 0 aromatic carbocycles. The van der Waals surface area contributed by atoms with Crippen molar-refractivity contribution in [1.82, 2.24) is 20.5 Å². The Morgan fingerprint density at radius 1 is 1.23 bits per heavy atom. The van der Waals surface area contributed by atoms with Crippen molar-refractivity contribution < 1.29 is 5.11 Å². The van der Waals surface area contributed by atoms with Gasteiger partial charge in [-0.2, -0.15) is 0 Å². The molecule has 1 atom stereocenters. The van der Waals surface area contributed by atoms with E-state index in [-0.39, 0.29) is 30.6 Å². The lowest BCUT2D eigenvalue weighted by atomic mass is 9.94. The van der Waals surface area contributed by atoms with Gasteiger partial charge in [0.1, 0.15) is 5.82 Å². The molecule has 0 bridgehead atoms. The molecular weight excluding hydrogens is 491 g/mol. The average molecular weight is 533 g/mol. The van der Waals surface area contributed by atoms with Gasteiger partial charge in [0.05, 0.1) is 6.54 Å². The number of aliphatic hydroxyl groups is 1. The normalized spacial score (nSPS) is 16.3. The molecule has 1 aromatic heterocycles. The van der Waals surface area contributed by atoms with E-state index in [1.54, 1.807) is 0 Å². The van der Waals surface area contributed by atoms with Gasteiger partial charge in [0.15, 0.2) is 5.96 Å². The van der Waals surface area contributed by atoms with Crippen molar-refractivity contribution in [3.63, 3.8) is 0 Å². The molecule has 1 aromatic rings. The minimum Gasteiger partial charge on any atom is -0.396 e. The number of halogens is 1. The smallest absolute Gasteiger partial charge is 0.191 e. The number of aliphatic imine (C=N–C) groups is 1. The largest absolute Gasteiger partial charge is 0.396 e. The first-order valence-electron chi connectivity index (χ1n) is 11.0. The van der Waals surface area contributed by atoms with Crippen LogP contribution in [0.3, 0.4) is 0 Å². The van der Waals surface area contributed by atoms with Crippen LogP contribution in [0, 0.1) is 11.8 Å². The second-order valence-electron chi connectivity index (χ2n) is 8.40. The fourth-order valence-corrected chi connectivity index (χ4v) is 3.67. The molecule has 1 aliphatic rings. The third kappa shape index (κ3) is 9.78. The van der Waals surface area contributed by atoms with Crippen molar-refractivity contribution in [2.45, 2.75) is 40.2 Å². The molecule has 0 aliphatic carbocycles. The summed E-state index contributed by atoms with van der Waals surface area (Å²) in [7, 11) is 2.16. The minimum absolute atomic E-state index is 0. The van der Waals surface area contributed by atoms with Gasteiger partial charge in [-0.1, -0.05) is 13.8 Å². The predicted octanol–water partition coefficient (Wildman–Crippen LogP) is 2.55. The van der Waals surface area contributed by atoms with E-state index in [2.05, 4.69) is 59.3 Å². The van der Waals surface area contributed by atoms with Gasteiger partial charge < -0.3 is 25.5 Å². The number of nitrogens with one attached hydrogen (secondary N) is 2. The van der Waals surface area contributed by atoms with Crippen molar-refractivity contribution in [3.8, 4) is 0 Å². The van der Waals surface area contributed by atoms with Crippen molar-refractivity contribution >= 4 is 35.8 Å². The van der Waals surface area contributed by atoms with E-state index in [0.29, 0.717) is 18.4 Å². The number of guanidine groups is 1. The van der Waals surface area contributed by atoms with Crippen LogP contribution in [-0.4, -0.2) is 73.9 Å². The lowest BCUT2D eigenvalue weighted by Gasteiger charge is -2.33. The Hall–Kier alpha value is -1.13. The highest BCUT2D eigenvalue weighted by Crippen LogP contribution is 2.16. The first kappa shape index (κ1) is 26.9. The van der Waals surface area contributed by atoms with Gasteiger partial charge >= 0.3 is 0 Å². The Bertz CT molecular complexity index is 619. The lowest BCUT2D eigenvalue weighted by molar-refractivity contribution is 0.243. The number of pyridine rings is 1. The molecule has 7 nitrogen and oxygen atoms in total. The second kappa shape index (κ2) is 14.8. The van der Waals surface area contributed by atoms with E-state index in [0.717, 1.165) is 63.9 Å². The molecule has 30 heavy (non-hydrogen) atoms. The summed E-state index contributed by atoms with van der Waals surface area (Å²) in [6.07, 6.45) is 3.81. The van der Waals surface area contributed by atoms with E-state index in [1.807, 2.05) is 12.3 Å². The van der Waals surface area contributed by atoms with Gasteiger partial charge in [-0.15, -0.1) is 24.0 Å². The molecule has 8 heteroatoms. The summed E-state index contributed by atoms with van der Waals surface area (Å²) in [5.74, 6) is 2.95. The summed E-state index contributed by atoms with van der Waals surface area (Å²) in [6.45, 7) is 13.2. The van der Waals surface area contributed by atoms with E-state index in [1.165, 1.54) is 5.56 Å². The number of aliphatic hydroxyl groups excluding tert-OH is 1. The zero-order chi connectivity index (χ0) is 21.1. The monoisotopic (exact) mass is 532 g/mol. The third-order valence-electron chi connectivity index (χ3n) is 5.30. The standard InChI is InChI=1S/C22H40N6O.HI/c1-5-23-22(26-17-20(7-13-29)14-18(2)3)25-16-19-6-8-24-21(15-19)28-11-9-27(4)10-12-28;/h6,8,15,18,20,29H,5,7,9-14,16-17H2,1-4H3,(H2,23,25,26);1H. The van der Waals surface area contributed by atoms with Gasteiger partial charge in [0.2, 0.25) is 0 Å². The van der Waals surface area contributed by atoms with Crippen molar-refractivity contribution in [3.05, 3.63) is 23.9 Å². The topological polar surface area (TPSA) is 76.0 Å². The number of nitrogens with zero attached hydrogens (tertiary/aromatic N) is 4. The molecule has 1 unspecified atom stereocenters. The fourth-order valence-electron chi connectivity index (χ4n) is 3.67. The van der Waals surface area contributed by atoms with E-state index in [9.17, 15) is 5.11 Å². The number of aromatic nitrogens is 1. The van der Waals surface area contributed by atoms with Crippen molar-refractivity contribution in [2.24, 2.45) is 16.8 Å². The number of likely N-dealkylation sites (N-methyl/N-ethyl adjacent to an activating group) is 1. The predicted molar refractivity (Wildman–Crippen MR) is 137 cm³/mol. The summed E-state index contributed by atoms with van der Waals surface area (Å²) in [5.41, 5.74) is 1.17. The first-order valence-corrected chi connectivity index (χ1v) is 11.0. The highest BCUT2D eigenvalue weighted by molar-refractivity contribution is 14.0. The van der Waals surface area contributed by atoms with Crippen LogP contribution >= 0.6 is 24.0 Å². The first-order chi connectivity index (χ1) is 14.0. The molecule has 1 fully saturated rings. The van der Waals surface area contributed by atoms with Gasteiger partial charge in [0, 0.05) is 52.1 Å². The molecule has 3 N–H and O–H groups in total. The number of rotatable bonds is 10. The fraction of sp³-hybridized carbons (Fsp3) is 0.727. The molecule has 0 amide bonds. The van der Waals surface area contributed by atoms with E-state index >= 15 is 0 Å². The molecule has 2 heterocycles. The third-order valence-corrected chi connectivity index (χ3v) is 5.30. The molecule has 2 rings (SSSR count). The number of hydrogen-bond donors (Lipinski definition) is 3. The van der Waals surface area contributed by atoms with E-state index in [4.69, 9.17) is 4.99 Å². The highest BCUT2D eigenvalue weighted by atomic mass is 127. The maximum absolute atomic E-state index is 9.33. The Morgan fingerprint density at radius 3 is 2.60 bits per heavy atom. The highest BCUT2D eigenvalue weighted by Gasteiger charge is 2.15. The number of piperazine rings is 1. The Labute approximate surface area is 199 Å². The lowest BCUT2D eigenvalue weighted by Crippen LogP contribution is -2.44. The molecule has 0 radical (unpaired) electrons. The molecule has 172 valence electrons. The SMILES string of the molecule is CCNC(=NCc1ccnc(N2CCN(C)CC2)c1)NCC(CCO)CC(C)C.I. The summed E-state index contributed by atoms with van der Waals surface area (Å²) >= 11 is 0. The molecule has 0 saturated carbocycles. The summed E-state index contributed by atoms with van der Waals surface area (Å²) in [5, 5.41) is 16.1. The van der Waals surface area contributed by atoms with Crippen molar-refractivity contribution in [2.75, 3.05) is 57.8 Å². The van der Waals surface area contributed by atoms with Gasteiger partial charge in [-0.05, 0) is 56.3 Å². The average Bonchev–Trinajstić information content (AvgIpc) is 2.70. The summed E-state index contributed by atoms with van der Waals surface area (Å²) in [4.78, 5) is 14.0. The van der Waals surface area contributed by atoms with Crippen LogP contribution in [0.25, 0.3) is 0 Å². The zero-order valence-corrected chi connectivity index (χ0v) is 21.4. The molecule has 1 saturated heterocycles. The van der Waals surface area contributed by atoms with Crippen LogP contribution < -0.4 is 15.5 Å². The Balaban J connectivity index is 0.00000450. The van der Waals surface area contributed by atoms with Crippen molar-refractivity contribution in [1.29, 1.82) is 0 Å². The van der Waals surface area contributed by atoms with Gasteiger partial charge in [-0.25, -0.2) is 9.98 Å². The van der Waals surface area contributed by atoms with Crippen LogP contribution in [0.5, 0.6) is 0 Å². The zero-order valence-electron chi connectivity index (χ0n) is 19.1. The molecule has 0 spiro atoms.